The van der Waals surface area contributed by atoms with Crippen LogP contribution >= 0.6 is 15.9 Å². The number of methoxy groups -OCH3 is 1. The number of nitrogens with zero attached hydrogens (tertiary/aromatic N) is 1. The van der Waals surface area contributed by atoms with E-state index in [1.54, 1.807) is 0 Å². The SMILES string of the molecule is COC(=O)C[C@H](NC(=O)c1coc(C2CCCC2)n1)c1cccc(Br)c1. The van der Waals surface area contributed by atoms with E-state index in [0.29, 0.717) is 11.8 Å². The molecule has 0 radical (unpaired) electrons. The van der Waals surface area contributed by atoms with Crippen molar-refractivity contribution in [1.29, 1.82) is 0 Å². The average molecular weight is 421 g/mol. The van der Waals surface area contributed by atoms with Crippen LogP contribution < -0.4 is 5.32 Å². The first-order valence-corrected chi connectivity index (χ1v) is 9.44. The number of hydrogen-bond acceptors (Lipinski definition) is 5. The van der Waals surface area contributed by atoms with Gasteiger partial charge in [0.1, 0.15) is 6.26 Å². The lowest BCUT2D eigenvalue weighted by Gasteiger charge is -2.17. The second-order valence-electron chi connectivity index (χ2n) is 6.41. The van der Waals surface area contributed by atoms with Gasteiger partial charge >= 0.3 is 5.97 Å². The van der Waals surface area contributed by atoms with Crippen LogP contribution in [0.3, 0.4) is 0 Å². The normalized spacial score (nSPS) is 15.6. The van der Waals surface area contributed by atoms with Gasteiger partial charge in [-0.05, 0) is 30.5 Å². The second-order valence-corrected chi connectivity index (χ2v) is 7.33. The molecular weight excluding hydrogens is 400 g/mol. The van der Waals surface area contributed by atoms with Gasteiger partial charge < -0.3 is 14.5 Å². The maximum absolute atomic E-state index is 12.6. The Hall–Kier alpha value is -2.15. The van der Waals surface area contributed by atoms with E-state index in [-0.39, 0.29) is 18.0 Å². The van der Waals surface area contributed by atoms with E-state index in [2.05, 4.69) is 26.2 Å². The van der Waals surface area contributed by atoms with E-state index < -0.39 is 12.0 Å². The Kier molecular flexibility index (Phi) is 6.08. The molecular formula is C19H21BrN2O4. The zero-order chi connectivity index (χ0) is 18.5. The Bertz CT molecular complexity index is 783. The van der Waals surface area contributed by atoms with Crippen LogP contribution in [0.1, 0.15) is 66.0 Å². The van der Waals surface area contributed by atoms with Crippen LogP contribution in [0, 0.1) is 0 Å². The van der Waals surface area contributed by atoms with E-state index in [0.717, 1.165) is 22.9 Å². The Labute approximate surface area is 160 Å². The molecule has 1 saturated carbocycles. The van der Waals surface area contributed by atoms with Crippen molar-refractivity contribution in [3.8, 4) is 0 Å². The number of amides is 1. The van der Waals surface area contributed by atoms with E-state index in [9.17, 15) is 9.59 Å². The molecule has 1 fully saturated rings. The fourth-order valence-corrected chi connectivity index (χ4v) is 3.63. The molecule has 1 aliphatic carbocycles. The Morgan fingerprint density at radius 3 is 2.85 bits per heavy atom. The third-order valence-corrected chi connectivity index (χ3v) is 5.11. The largest absolute Gasteiger partial charge is 0.469 e. The molecule has 0 unspecified atom stereocenters. The van der Waals surface area contributed by atoms with Crippen molar-refractivity contribution in [2.45, 2.75) is 44.1 Å². The number of carbonyl (C=O) groups excluding carboxylic acids is 2. The van der Waals surface area contributed by atoms with Crippen LogP contribution in [0.15, 0.2) is 39.4 Å². The number of benzene rings is 1. The lowest BCUT2D eigenvalue weighted by Crippen LogP contribution is -2.30. The zero-order valence-electron chi connectivity index (χ0n) is 14.5. The molecule has 138 valence electrons. The maximum Gasteiger partial charge on any atom is 0.307 e. The van der Waals surface area contributed by atoms with Gasteiger partial charge in [0.05, 0.1) is 19.6 Å². The highest BCUT2D eigenvalue weighted by Gasteiger charge is 2.25. The predicted molar refractivity (Wildman–Crippen MR) is 98.7 cm³/mol. The maximum atomic E-state index is 12.6. The first-order valence-electron chi connectivity index (χ1n) is 8.65. The Balaban J connectivity index is 1.75. The van der Waals surface area contributed by atoms with Gasteiger partial charge in [-0.15, -0.1) is 0 Å². The molecule has 1 atom stereocenters. The quantitative estimate of drug-likeness (QED) is 0.710. The molecule has 0 spiro atoms. The van der Waals surface area contributed by atoms with Gasteiger partial charge in [0.15, 0.2) is 11.6 Å². The molecule has 1 heterocycles. The standard InChI is InChI=1S/C19H21BrN2O4/c1-25-17(23)10-15(13-7-4-8-14(20)9-13)21-18(24)16-11-26-19(22-16)12-5-2-3-6-12/h4,7-9,11-12,15H,2-3,5-6,10H2,1H3,(H,21,24)/t15-/m0/s1. The topological polar surface area (TPSA) is 81.4 Å². The van der Waals surface area contributed by atoms with Gasteiger partial charge in [-0.3, -0.25) is 9.59 Å². The number of nitrogens with one attached hydrogen (secondary N) is 1. The molecule has 1 aliphatic rings. The van der Waals surface area contributed by atoms with Crippen LogP contribution in [-0.4, -0.2) is 24.0 Å². The van der Waals surface area contributed by atoms with Gasteiger partial charge in [-0.25, -0.2) is 4.98 Å². The summed E-state index contributed by atoms with van der Waals surface area (Å²) in [7, 11) is 1.33. The molecule has 2 aromatic rings. The highest BCUT2D eigenvalue weighted by atomic mass is 79.9. The molecule has 1 amide bonds. The van der Waals surface area contributed by atoms with Crippen LogP contribution in [-0.2, 0) is 9.53 Å². The number of esters is 1. The van der Waals surface area contributed by atoms with Crippen LogP contribution in [0.2, 0.25) is 0 Å². The van der Waals surface area contributed by atoms with Crippen LogP contribution in [0.5, 0.6) is 0 Å². The zero-order valence-corrected chi connectivity index (χ0v) is 16.1. The van der Waals surface area contributed by atoms with E-state index in [4.69, 9.17) is 9.15 Å². The molecule has 26 heavy (non-hydrogen) atoms. The van der Waals surface area contributed by atoms with E-state index in [1.165, 1.54) is 26.2 Å². The fraction of sp³-hybridized carbons (Fsp3) is 0.421. The van der Waals surface area contributed by atoms with E-state index in [1.807, 2.05) is 24.3 Å². The first kappa shape index (κ1) is 18.6. The number of oxazole rings is 1. The van der Waals surface area contributed by atoms with Crippen LogP contribution in [0.4, 0.5) is 0 Å². The molecule has 1 aromatic heterocycles. The highest BCUT2D eigenvalue weighted by molar-refractivity contribution is 9.10. The third kappa shape index (κ3) is 4.52. The summed E-state index contributed by atoms with van der Waals surface area (Å²) >= 11 is 3.41. The van der Waals surface area contributed by atoms with Gasteiger partial charge in [0, 0.05) is 10.4 Å². The summed E-state index contributed by atoms with van der Waals surface area (Å²) in [6, 6.07) is 6.93. The number of ether oxygens (including phenoxy) is 1. The second kappa shape index (κ2) is 8.49. The lowest BCUT2D eigenvalue weighted by atomic mass is 10.0. The van der Waals surface area contributed by atoms with Crippen molar-refractivity contribution in [2.24, 2.45) is 0 Å². The summed E-state index contributed by atoms with van der Waals surface area (Å²) in [5.74, 6) is 0.154. The summed E-state index contributed by atoms with van der Waals surface area (Å²) in [6.45, 7) is 0. The van der Waals surface area contributed by atoms with Gasteiger partial charge in [-0.1, -0.05) is 40.9 Å². The summed E-state index contributed by atoms with van der Waals surface area (Å²) in [5.41, 5.74) is 1.04. The molecule has 0 saturated heterocycles. The molecule has 7 heteroatoms. The Morgan fingerprint density at radius 2 is 2.15 bits per heavy atom. The predicted octanol–water partition coefficient (Wildman–Crippen LogP) is 4.13. The number of carbonyl (C=O) groups is 2. The summed E-state index contributed by atoms with van der Waals surface area (Å²) in [6.07, 6.45) is 5.84. The van der Waals surface area contributed by atoms with Crippen molar-refractivity contribution < 1.29 is 18.7 Å². The Morgan fingerprint density at radius 1 is 1.38 bits per heavy atom. The van der Waals surface area contributed by atoms with Crippen molar-refractivity contribution in [3.63, 3.8) is 0 Å². The highest BCUT2D eigenvalue weighted by Crippen LogP contribution is 2.33. The lowest BCUT2D eigenvalue weighted by molar-refractivity contribution is -0.141. The smallest absolute Gasteiger partial charge is 0.307 e. The monoisotopic (exact) mass is 420 g/mol. The molecule has 3 rings (SSSR count). The molecule has 1 aromatic carbocycles. The summed E-state index contributed by atoms with van der Waals surface area (Å²) in [5, 5.41) is 2.86. The molecule has 0 bridgehead atoms. The minimum absolute atomic E-state index is 0.0338. The van der Waals surface area contributed by atoms with Crippen molar-refractivity contribution in [2.75, 3.05) is 7.11 Å². The van der Waals surface area contributed by atoms with Crippen LogP contribution in [0.25, 0.3) is 0 Å². The molecule has 6 nitrogen and oxygen atoms in total. The number of rotatable bonds is 6. The number of halogens is 1. The average Bonchev–Trinajstić information content (AvgIpc) is 3.32. The third-order valence-electron chi connectivity index (χ3n) is 4.61. The van der Waals surface area contributed by atoms with Crippen molar-refractivity contribution in [3.05, 3.63) is 52.1 Å². The first-order chi connectivity index (χ1) is 12.6. The van der Waals surface area contributed by atoms with Gasteiger partial charge in [-0.2, -0.15) is 0 Å². The molecule has 1 N–H and O–H groups in total. The molecule has 0 aliphatic heterocycles. The summed E-state index contributed by atoms with van der Waals surface area (Å²) in [4.78, 5) is 28.7. The van der Waals surface area contributed by atoms with Gasteiger partial charge in [0.25, 0.3) is 5.91 Å². The minimum Gasteiger partial charge on any atom is -0.469 e. The van der Waals surface area contributed by atoms with Crippen molar-refractivity contribution >= 4 is 27.8 Å². The fourth-order valence-electron chi connectivity index (χ4n) is 3.21. The van der Waals surface area contributed by atoms with E-state index >= 15 is 0 Å². The van der Waals surface area contributed by atoms with Crippen molar-refractivity contribution in [1.82, 2.24) is 10.3 Å². The number of hydrogen-bond donors (Lipinski definition) is 1. The van der Waals surface area contributed by atoms with Gasteiger partial charge in [0.2, 0.25) is 0 Å². The summed E-state index contributed by atoms with van der Waals surface area (Å²) < 4.78 is 11.1. The minimum atomic E-state index is -0.515. The number of aromatic nitrogens is 1.